The molecule has 0 fully saturated rings. The standard InChI is InChI=1S/C16H10BrClO2S/c1-9-6-11(17)8-12(18)15(9)20-16(19)14-7-10-4-2-3-5-13(10)21-14/h2-8H,1H3. The van der Waals surface area contributed by atoms with Gasteiger partial charge in [-0.3, -0.25) is 0 Å². The van der Waals surface area contributed by atoms with Crippen molar-refractivity contribution in [2.75, 3.05) is 0 Å². The highest BCUT2D eigenvalue weighted by molar-refractivity contribution is 9.10. The summed E-state index contributed by atoms with van der Waals surface area (Å²) in [7, 11) is 0. The molecule has 0 unspecified atom stereocenters. The van der Waals surface area contributed by atoms with Crippen LogP contribution in [-0.4, -0.2) is 5.97 Å². The molecule has 0 amide bonds. The van der Waals surface area contributed by atoms with Gasteiger partial charge in [0.15, 0.2) is 5.75 Å². The van der Waals surface area contributed by atoms with Crippen LogP contribution >= 0.6 is 38.9 Å². The average molecular weight is 382 g/mol. The first-order valence-electron chi connectivity index (χ1n) is 6.21. The van der Waals surface area contributed by atoms with Crippen LogP contribution in [0.5, 0.6) is 5.75 Å². The van der Waals surface area contributed by atoms with Gasteiger partial charge in [0.25, 0.3) is 0 Å². The van der Waals surface area contributed by atoms with Gasteiger partial charge in [-0.2, -0.15) is 0 Å². The van der Waals surface area contributed by atoms with Crippen LogP contribution in [0.1, 0.15) is 15.2 Å². The Kier molecular flexibility index (Phi) is 4.02. The van der Waals surface area contributed by atoms with Crippen molar-refractivity contribution in [1.82, 2.24) is 0 Å². The molecule has 2 aromatic carbocycles. The van der Waals surface area contributed by atoms with Crippen LogP contribution in [0.3, 0.4) is 0 Å². The molecule has 0 radical (unpaired) electrons. The van der Waals surface area contributed by atoms with Crippen molar-refractivity contribution in [3.05, 3.63) is 62.4 Å². The van der Waals surface area contributed by atoms with Crippen LogP contribution in [0, 0.1) is 6.92 Å². The lowest BCUT2D eigenvalue weighted by atomic mass is 10.2. The van der Waals surface area contributed by atoms with Gasteiger partial charge in [0.1, 0.15) is 4.88 Å². The average Bonchev–Trinajstić information content (AvgIpc) is 2.86. The smallest absolute Gasteiger partial charge is 0.353 e. The molecule has 0 bridgehead atoms. The highest BCUT2D eigenvalue weighted by Crippen LogP contribution is 2.33. The van der Waals surface area contributed by atoms with Gasteiger partial charge in [-0.25, -0.2) is 4.79 Å². The van der Waals surface area contributed by atoms with E-state index in [0.717, 1.165) is 20.1 Å². The molecule has 0 saturated carbocycles. The zero-order valence-electron chi connectivity index (χ0n) is 11.0. The third kappa shape index (κ3) is 2.98. The van der Waals surface area contributed by atoms with Crippen molar-refractivity contribution in [2.45, 2.75) is 6.92 Å². The number of hydrogen-bond donors (Lipinski definition) is 0. The summed E-state index contributed by atoms with van der Waals surface area (Å²) >= 11 is 10.9. The lowest BCUT2D eigenvalue weighted by Crippen LogP contribution is -2.07. The summed E-state index contributed by atoms with van der Waals surface area (Å²) in [5.41, 5.74) is 0.809. The molecular weight excluding hydrogens is 372 g/mol. The Morgan fingerprint density at radius 3 is 2.71 bits per heavy atom. The molecule has 0 spiro atoms. The van der Waals surface area contributed by atoms with Crippen molar-refractivity contribution in [1.29, 1.82) is 0 Å². The highest BCUT2D eigenvalue weighted by Gasteiger charge is 2.16. The molecule has 3 aromatic rings. The third-order valence-electron chi connectivity index (χ3n) is 3.02. The first-order valence-corrected chi connectivity index (χ1v) is 8.20. The Balaban J connectivity index is 1.93. The summed E-state index contributed by atoms with van der Waals surface area (Å²) in [6, 6.07) is 13.3. The van der Waals surface area contributed by atoms with E-state index in [2.05, 4.69) is 15.9 Å². The van der Waals surface area contributed by atoms with Crippen molar-refractivity contribution in [2.24, 2.45) is 0 Å². The first-order chi connectivity index (χ1) is 10.0. The van der Waals surface area contributed by atoms with E-state index >= 15 is 0 Å². The molecule has 5 heteroatoms. The van der Waals surface area contributed by atoms with Crippen LogP contribution in [0.25, 0.3) is 10.1 Å². The third-order valence-corrected chi connectivity index (χ3v) is 4.85. The van der Waals surface area contributed by atoms with Crippen molar-refractivity contribution in [3.8, 4) is 5.75 Å². The highest BCUT2D eigenvalue weighted by atomic mass is 79.9. The number of carbonyl (C=O) groups excluding carboxylic acids is 1. The normalized spacial score (nSPS) is 10.8. The maximum atomic E-state index is 12.3. The lowest BCUT2D eigenvalue weighted by molar-refractivity contribution is 0.0739. The molecule has 0 saturated heterocycles. The second-order valence-corrected chi connectivity index (χ2v) is 6.98. The summed E-state index contributed by atoms with van der Waals surface area (Å²) in [4.78, 5) is 12.9. The van der Waals surface area contributed by atoms with Crippen molar-refractivity contribution < 1.29 is 9.53 Å². The lowest BCUT2D eigenvalue weighted by Gasteiger charge is -2.09. The molecule has 0 aliphatic carbocycles. The van der Waals surface area contributed by atoms with Gasteiger partial charge in [-0.15, -0.1) is 11.3 Å². The topological polar surface area (TPSA) is 26.3 Å². The number of thiophene rings is 1. The van der Waals surface area contributed by atoms with E-state index in [9.17, 15) is 4.79 Å². The largest absolute Gasteiger partial charge is 0.420 e. The van der Waals surface area contributed by atoms with E-state index in [1.165, 1.54) is 11.3 Å². The number of aryl methyl sites for hydroxylation is 1. The summed E-state index contributed by atoms with van der Waals surface area (Å²) in [6.45, 7) is 1.85. The second kappa shape index (κ2) is 5.79. The zero-order chi connectivity index (χ0) is 15.0. The Labute approximate surface area is 139 Å². The molecular formula is C16H10BrClO2S. The monoisotopic (exact) mass is 380 g/mol. The summed E-state index contributed by atoms with van der Waals surface area (Å²) in [6.07, 6.45) is 0. The Morgan fingerprint density at radius 1 is 1.24 bits per heavy atom. The summed E-state index contributed by atoms with van der Waals surface area (Å²) in [5.74, 6) is 0.0193. The second-order valence-electron chi connectivity index (χ2n) is 4.57. The number of fused-ring (bicyclic) bond motifs is 1. The van der Waals surface area contributed by atoms with Gasteiger partial charge >= 0.3 is 5.97 Å². The fourth-order valence-corrected chi connectivity index (χ4v) is 3.99. The van der Waals surface area contributed by atoms with E-state index in [4.69, 9.17) is 16.3 Å². The number of benzene rings is 2. The Bertz CT molecular complexity index is 785. The van der Waals surface area contributed by atoms with E-state index in [0.29, 0.717) is 15.6 Å². The van der Waals surface area contributed by atoms with Crippen LogP contribution in [-0.2, 0) is 0 Å². The molecule has 3 rings (SSSR count). The molecule has 0 atom stereocenters. The van der Waals surface area contributed by atoms with E-state index in [1.54, 1.807) is 6.07 Å². The first kappa shape index (κ1) is 14.6. The predicted octanol–water partition coefficient (Wildman–Crippen LogP) is 5.84. The van der Waals surface area contributed by atoms with Crippen LogP contribution in [0.2, 0.25) is 5.02 Å². The molecule has 0 aliphatic heterocycles. The molecule has 1 aromatic heterocycles. The van der Waals surface area contributed by atoms with Gasteiger partial charge in [0.05, 0.1) is 5.02 Å². The van der Waals surface area contributed by atoms with Crippen LogP contribution < -0.4 is 4.74 Å². The minimum Gasteiger partial charge on any atom is -0.420 e. The predicted molar refractivity (Wildman–Crippen MR) is 90.7 cm³/mol. The maximum absolute atomic E-state index is 12.3. The van der Waals surface area contributed by atoms with Gasteiger partial charge in [0.2, 0.25) is 0 Å². The molecule has 0 aliphatic rings. The minimum absolute atomic E-state index is 0.386. The van der Waals surface area contributed by atoms with E-state index in [1.807, 2.05) is 43.3 Å². The summed E-state index contributed by atoms with van der Waals surface area (Å²) in [5, 5.41) is 1.45. The number of carbonyl (C=O) groups is 1. The SMILES string of the molecule is Cc1cc(Br)cc(Cl)c1OC(=O)c1cc2ccccc2s1. The van der Waals surface area contributed by atoms with Gasteiger partial charge in [0, 0.05) is 9.17 Å². The summed E-state index contributed by atoms with van der Waals surface area (Å²) < 4.78 is 7.38. The Morgan fingerprint density at radius 2 is 2.00 bits per heavy atom. The molecule has 106 valence electrons. The van der Waals surface area contributed by atoms with E-state index < -0.39 is 0 Å². The van der Waals surface area contributed by atoms with Crippen LogP contribution in [0.4, 0.5) is 0 Å². The molecule has 2 nitrogen and oxygen atoms in total. The van der Waals surface area contributed by atoms with Gasteiger partial charge in [-0.1, -0.05) is 45.7 Å². The minimum atomic E-state index is -0.386. The number of halogens is 2. The zero-order valence-corrected chi connectivity index (χ0v) is 14.2. The quantitative estimate of drug-likeness (QED) is 0.411. The maximum Gasteiger partial charge on any atom is 0.353 e. The van der Waals surface area contributed by atoms with Gasteiger partial charge in [-0.05, 0) is 42.1 Å². The Hall–Kier alpha value is -1.36. The number of ether oxygens (including phenoxy) is 1. The van der Waals surface area contributed by atoms with Crippen molar-refractivity contribution in [3.63, 3.8) is 0 Å². The number of esters is 1. The van der Waals surface area contributed by atoms with Crippen molar-refractivity contribution >= 4 is 54.9 Å². The fraction of sp³-hybridized carbons (Fsp3) is 0.0625. The molecule has 1 heterocycles. The fourth-order valence-electron chi connectivity index (χ4n) is 2.04. The molecule has 21 heavy (non-hydrogen) atoms. The molecule has 0 N–H and O–H groups in total. The van der Waals surface area contributed by atoms with Gasteiger partial charge < -0.3 is 4.74 Å². The van der Waals surface area contributed by atoms with E-state index in [-0.39, 0.29) is 5.97 Å². The van der Waals surface area contributed by atoms with Crippen LogP contribution in [0.15, 0.2) is 46.9 Å². The number of rotatable bonds is 2. The number of hydrogen-bond acceptors (Lipinski definition) is 3.